The highest BCUT2D eigenvalue weighted by Crippen LogP contribution is 2.18. The molecule has 92 valence electrons. The molecule has 0 bridgehead atoms. The summed E-state index contributed by atoms with van der Waals surface area (Å²) in [5.41, 5.74) is 2.12. The fraction of sp³-hybridized carbons (Fsp3) is 0.462. The Hall–Kier alpha value is -1.71. The predicted octanol–water partition coefficient (Wildman–Crippen LogP) is 1.44. The minimum atomic E-state index is 0.0733. The van der Waals surface area contributed by atoms with Gasteiger partial charge >= 0.3 is 0 Å². The summed E-state index contributed by atoms with van der Waals surface area (Å²) in [4.78, 5) is 13.5. The third kappa shape index (κ3) is 3.66. The summed E-state index contributed by atoms with van der Waals surface area (Å²) in [5.74, 6) is 0.0733. The van der Waals surface area contributed by atoms with E-state index in [4.69, 9.17) is 0 Å². The van der Waals surface area contributed by atoms with Crippen molar-refractivity contribution in [2.24, 2.45) is 0 Å². The van der Waals surface area contributed by atoms with E-state index in [2.05, 4.69) is 10.6 Å². The van der Waals surface area contributed by atoms with Crippen LogP contribution in [0.25, 0.3) is 0 Å². The topological polar surface area (TPSA) is 44.4 Å². The lowest BCUT2D eigenvalue weighted by molar-refractivity contribution is -0.119. The Morgan fingerprint density at radius 2 is 1.94 bits per heavy atom. The third-order valence-electron chi connectivity index (χ3n) is 2.78. The zero-order valence-electron chi connectivity index (χ0n) is 10.4. The Labute approximate surface area is 102 Å². The van der Waals surface area contributed by atoms with Crippen molar-refractivity contribution in [1.82, 2.24) is 5.32 Å². The molecule has 4 nitrogen and oxygen atoms in total. The van der Waals surface area contributed by atoms with Gasteiger partial charge in [0, 0.05) is 31.5 Å². The first-order valence-corrected chi connectivity index (χ1v) is 5.96. The van der Waals surface area contributed by atoms with E-state index in [0.717, 1.165) is 24.2 Å². The van der Waals surface area contributed by atoms with Crippen molar-refractivity contribution in [3.8, 4) is 0 Å². The largest absolute Gasteiger partial charge is 0.378 e. The molecule has 1 aliphatic rings. The smallest absolute Gasteiger partial charge is 0.239 e. The van der Waals surface area contributed by atoms with Gasteiger partial charge in [-0.05, 0) is 37.1 Å². The minimum absolute atomic E-state index is 0.0733. The molecule has 0 radical (unpaired) electrons. The van der Waals surface area contributed by atoms with Crippen molar-refractivity contribution in [2.75, 3.05) is 30.9 Å². The Morgan fingerprint density at radius 1 is 1.29 bits per heavy atom. The molecule has 1 aromatic carbocycles. The van der Waals surface area contributed by atoms with Gasteiger partial charge in [-0.25, -0.2) is 0 Å². The first-order chi connectivity index (χ1) is 8.15. The van der Waals surface area contributed by atoms with E-state index >= 15 is 0 Å². The lowest BCUT2D eigenvalue weighted by Crippen LogP contribution is -2.31. The number of carbonyl (C=O) groups excluding carboxylic acids is 1. The number of hydrogen-bond donors (Lipinski definition) is 2. The van der Waals surface area contributed by atoms with E-state index in [-0.39, 0.29) is 5.91 Å². The molecule has 1 fully saturated rings. The molecule has 2 N–H and O–H groups in total. The normalized spacial score (nSPS) is 14.2. The lowest BCUT2D eigenvalue weighted by Gasteiger charge is -2.13. The monoisotopic (exact) mass is 233 g/mol. The van der Waals surface area contributed by atoms with Crippen molar-refractivity contribution in [1.29, 1.82) is 0 Å². The van der Waals surface area contributed by atoms with Gasteiger partial charge in [0.15, 0.2) is 0 Å². The molecule has 2 rings (SSSR count). The molecule has 0 atom stereocenters. The maximum Gasteiger partial charge on any atom is 0.239 e. The van der Waals surface area contributed by atoms with Crippen LogP contribution in [-0.4, -0.2) is 32.6 Å². The number of benzene rings is 1. The molecule has 1 amide bonds. The van der Waals surface area contributed by atoms with Gasteiger partial charge in [0.2, 0.25) is 5.91 Å². The van der Waals surface area contributed by atoms with Crippen LogP contribution in [0.15, 0.2) is 24.3 Å². The average Bonchev–Trinajstić information content (AvgIpc) is 3.11. The number of carbonyl (C=O) groups is 1. The van der Waals surface area contributed by atoms with Crippen LogP contribution >= 0.6 is 0 Å². The number of rotatable bonds is 5. The SMILES string of the molecule is CN(C)c1ccc(NCC(=O)NC2CC2)cc1. The molecule has 1 aromatic rings. The van der Waals surface area contributed by atoms with Gasteiger partial charge < -0.3 is 15.5 Å². The van der Waals surface area contributed by atoms with Crippen LogP contribution < -0.4 is 15.5 Å². The first-order valence-electron chi connectivity index (χ1n) is 5.96. The lowest BCUT2D eigenvalue weighted by atomic mass is 10.2. The summed E-state index contributed by atoms with van der Waals surface area (Å²) >= 11 is 0. The van der Waals surface area contributed by atoms with Gasteiger partial charge in [-0.15, -0.1) is 0 Å². The zero-order chi connectivity index (χ0) is 12.3. The van der Waals surface area contributed by atoms with E-state index in [1.165, 1.54) is 0 Å². The van der Waals surface area contributed by atoms with E-state index in [9.17, 15) is 4.79 Å². The molecule has 4 heteroatoms. The van der Waals surface area contributed by atoms with Gasteiger partial charge in [-0.2, -0.15) is 0 Å². The van der Waals surface area contributed by atoms with E-state index in [1.54, 1.807) is 0 Å². The molecule has 0 spiro atoms. The van der Waals surface area contributed by atoms with Crippen LogP contribution in [0, 0.1) is 0 Å². The summed E-state index contributed by atoms with van der Waals surface area (Å²) in [5, 5.41) is 6.06. The van der Waals surface area contributed by atoms with Crippen LogP contribution in [0.3, 0.4) is 0 Å². The highest BCUT2D eigenvalue weighted by Gasteiger charge is 2.22. The minimum Gasteiger partial charge on any atom is -0.378 e. The number of amides is 1. The van der Waals surface area contributed by atoms with Gasteiger partial charge in [-0.3, -0.25) is 4.79 Å². The average molecular weight is 233 g/mol. The number of nitrogens with zero attached hydrogens (tertiary/aromatic N) is 1. The van der Waals surface area contributed by atoms with Crippen molar-refractivity contribution in [2.45, 2.75) is 18.9 Å². The summed E-state index contributed by atoms with van der Waals surface area (Å²) in [6.07, 6.45) is 2.26. The molecule has 1 aliphatic carbocycles. The fourth-order valence-corrected chi connectivity index (χ4v) is 1.57. The maximum atomic E-state index is 11.5. The molecule has 0 aromatic heterocycles. The highest BCUT2D eigenvalue weighted by atomic mass is 16.2. The molecule has 17 heavy (non-hydrogen) atoms. The van der Waals surface area contributed by atoms with Crippen LogP contribution in [-0.2, 0) is 4.79 Å². The van der Waals surface area contributed by atoms with E-state index in [1.807, 2.05) is 43.3 Å². The number of anilines is 2. The Kier molecular flexibility index (Phi) is 3.52. The van der Waals surface area contributed by atoms with Crippen molar-refractivity contribution in [3.05, 3.63) is 24.3 Å². The maximum absolute atomic E-state index is 11.5. The predicted molar refractivity (Wildman–Crippen MR) is 70.4 cm³/mol. The standard InChI is InChI=1S/C13H19N3O/c1-16(2)12-7-5-10(6-8-12)14-9-13(17)15-11-3-4-11/h5-8,11,14H,3-4,9H2,1-2H3,(H,15,17). The number of hydrogen-bond acceptors (Lipinski definition) is 3. The second-order valence-corrected chi connectivity index (χ2v) is 4.64. The van der Waals surface area contributed by atoms with Gasteiger partial charge in [0.05, 0.1) is 6.54 Å². The summed E-state index contributed by atoms with van der Waals surface area (Å²) in [6.45, 7) is 0.345. The molecule has 1 saturated carbocycles. The van der Waals surface area contributed by atoms with Gasteiger partial charge in [-0.1, -0.05) is 0 Å². The van der Waals surface area contributed by atoms with Crippen LogP contribution in [0.4, 0.5) is 11.4 Å². The third-order valence-corrected chi connectivity index (χ3v) is 2.78. The summed E-state index contributed by atoms with van der Waals surface area (Å²) < 4.78 is 0. The van der Waals surface area contributed by atoms with Gasteiger partial charge in [0.25, 0.3) is 0 Å². The Morgan fingerprint density at radius 3 is 2.47 bits per heavy atom. The Bertz CT molecular complexity index is 382. The molecule has 0 heterocycles. The molecular weight excluding hydrogens is 214 g/mol. The van der Waals surface area contributed by atoms with Crippen LogP contribution in [0.5, 0.6) is 0 Å². The van der Waals surface area contributed by atoms with Crippen molar-refractivity contribution >= 4 is 17.3 Å². The zero-order valence-corrected chi connectivity index (χ0v) is 10.4. The highest BCUT2D eigenvalue weighted by molar-refractivity contribution is 5.81. The van der Waals surface area contributed by atoms with E-state index < -0.39 is 0 Å². The fourth-order valence-electron chi connectivity index (χ4n) is 1.57. The molecule has 0 aliphatic heterocycles. The van der Waals surface area contributed by atoms with E-state index in [0.29, 0.717) is 12.6 Å². The number of nitrogens with one attached hydrogen (secondary N) is 2. The summed E-state index contributed by atoms with van der Waals surface area (Å²) in [6, 6.07) is 8.46. The summed E-state index contributed by atoms with van der Waals surface area (Å²) in [7, 11) is 4.01. The van der Waals surface area contributed by atoms with Crippen LogP contribution in [0.2, 0.25) is 0 Å². The van der Waals surface area contributed by atoms with Crippen molar-refractivity contribution < 1.29 is 4.79 Å². The quantitative estimate of drug-likeness (QED) is 0.809. The molecule has 0 unspecified atom stereocenters. The second kappa shape index (κ2) is 5.08. The second-order valence-electron chi connectivity index (χ2n) is 4.64. The van der Waals surface area contributed by atoms with Crippen LogP contribution in [0.1, 0.15) is 12.8 Å². The first kappa shape index (κ1) is 11.8. The van der Waals surface area contributed by atoms with Gasteiger partial charge in [0.1, 0.15) is 0 Å². The van der Waals surface area contributed by atoms with Crippen molar-refractivity contribution in [3.63, 3.8) is 0 Å². The molecule has 0 saturated heterocycles. The Balaban J connectivity index is 1.79. The molecular formula is C13H19N3O.